The van der Waals surface area contributed by atoms with Crippen LogP contribution in [0.2, 0.25) is 0 Å². The lowest BCUT2D eigenvalue weighted by Gasteiger charge is -2.19. The Kier molecular flexibility index (Phi) is 5.10. The van der Waals surface area contributed by atoms with Gasteiger partial charge in [-0.05, 0) is 25.0 Å². The topological polar surface area (TPSA) is 97.1 Å². The number of carboxylic acids is 1. The highest BCUT2D eigenvalue weighted by Crippen LogP contribution is 2.13. The molecule has 1 aromatic carbocycles. The van der Waals surface area contributed by atoms with Gasteiger partial charge in [-0.25, -0.2) is 9.48 Å². The summed E-state index contributed by atoms with van der Waals surface area (Å²) in [6.07, 6.45) is 0.646. The molecule has 2 N–H and O–H groups in total. The van der Waals surface area contributed by atoms with E-state index in [0.29, 0.717) is 12.1 Å². The van der Waals surface area contributed by atoms with Crippen LogP contribution in [0.4, 0.5) is 0 Å². The number of carbonyl (C=O) groups is 2. The van der Waals surface area contributed by atoms with Crippen molar-refractivity contribution in [2.24, 2.45) is 5.92 Å². The van der Waals surface area contributed by atoms with E-state index in [1.807, 2.05) is 37.3 Å². The molecule has 0 unspecified atom stereocenters. The Morgan fingerprint density at radius 2 is 1.96 bits per heavy atom. The van der Waals surface area contributed by atoms with Crippen molar-refractivity contribution in [1.82, 2.24) is 20.3 Å². The van der Waals surface area contributed by atoms with Crippen LogP contribution in [0.1, 0.15) is 36.5 Å². The second kappa shape index (κ2) is 7.04. The molecule has 1 aromatic heterocycles. The summed E-state index contributed by atoms with van der Waals surface area (Å²) in [6.45, 7) is 5.39. The zero-order valence-electron chi connectivity index (χ0n) is 13.4. The summed E-state index contributed by atoms with van der Waals surface area (Å²) < 4.78 is 1.55. The Bertz CT molecular complexity index is 697. The molecule has 7 nitrogen and oxygen atoms in total. The van der Waals surface area contributed by atoms with Gasteiger partial charge in [0.05, 0.1) is 11.4 Å². The van der Waals surface area contributed by atoms with Gasteiger partial charge in [0.25, 0.3) is 5.91 Å². The third kappa shape index (κ3) is 3.56. The molecule has 1 amide bonds. The summed E-state index contributed by atoms with van der Waals surface area (Å²) in [6, 6.07) is 8.35. The largest absolute Gasteiger partial charge is 0.480 e. The summed E-state index contributed by atoms with van der Waals surface area (Å²) in [5, 5.41) is 19.7. The van der Waals surface area contributed by atoms with Crippen LogP contribution in [0.3, 0.4) is 0 Å². The van der Waals surface area contributed by atoms with Gasteiger partial charge < -0.3 is 10.4 Å². The molecule has 1 heterocycles. The van der Waals surface area contributed by atoms with Gasteiger partial charge in [-0.1, -0.05) is 43.7 Å². The molecule has 0 aliphatic rings. The summed E-state index contributed by atoms with van der Waals surface area (Å²) in [5.41, 5.74) is 1.47. The van der Waals surface area contributed by atoms with Crippen molar-refractivity contribution in [2.45, 2.75) is 33.2 Å². The van der Waals surface area contributed by atoms with Crippen LogP contribution >= 0.6 is 0 Å². The first-order valence-electron chi connectivity index (χ1n) is 7.47. The van der Waals surface area contributed by atoms with E-state index in [-0.39, 0.29) is 11.6 Å². The summed E-state index contributed by atoms with van der Waals surface area (Å²) in [4.78, 5) is 23.7. The van der Waals surface area contributed by atoms with E-state index in [1.165, 1.54) is 0 Å². The lowest BCUT2D eigenvalue weighted by molar-refractivity contribution is -0.140. The van der Waals surface area contributed by atoms with E-state index in [4.69, 9.17) is 0 Å². The minimum atomic E-state index is -1.05. The third-order valence-electron chi connectivity index (χ3n) is 3.88. The van der Waals surface area contributed by atoms with Gasteiger partial charge in [0.2, 0.25) is 0 Å². The molecule has 2 rings (SSSR count). The molecule has 2 aromatic rings. The lowest BCUT2D eigenvalue weighted by Crippen LogP contribution is -2.45. The highest BCUT2D eigenvalue weighted by molar-refractivity contribution is 5.95. The summed E-state index contributed by atoms with van der Waals surface area (Å²) in [7, 11) is 0. The van der Waals surface area contributed by atoms with Crippen LogP contribution in [0.5, 0.6) is 0 Å². The standard InChI is InChI=1S/C16H20N4O3/c1-4-10(2)13(16(22)23)17-15(21)14-11(3)20(19-18-14)12-8-6-5-7-9-12/h5-10,13H,4H2,1-3H3,(H,17,21)(H,22,23)/t10-,13-/m0/s1. The molecule has 0 spiro atoms. The molecule has 0 fully saturated rings. The van der Waals surface area contributed by atoms with E-state index in [9.17, 15) is 14.7 Å². The van der Waals surface area contributed by atoms with Crippen LogP contribution in [0, 0.1) is 12.8 Å². The average molecular weight is 316 g/mol. The number of carboxylic acid groups (broad SMARTS) is 1. The number of hydrogen-bond acceptors (Lipinski definition) is 4. The number of nitrogens with zero attached hydrogens (tertiary/aromatic N) is 3. The highest BCUT2D eigenvalue weighted by Gasteiger charge is 2.28. The molecule has 0 saturated heterocycles. The van der Waals surface area contributed by atoms with Gasteiger partial charge >= 0.3 is 5.97 Å². The number of rotatable bonds is 6. The number of hydrogen-bond donors (Lipinski definition) is 2. The molecule has 0 aliphatic carbocycles. The van der Waals surface area contributed by atoms with Crippen LogP contribution in [-0.2, 0) is 4.79 Å². The number of amides is 1. The molecule has 0 saturated carbocycles. The van der Waals surface area contributed by atoms with Gasteiger partial charge in [0.15, 0.2) is 5.69 Å². The van der Waals surface area contributed by atoms with E-state index in [2.05, 4.69) is 15.6 Å². The zero-order valence-corrected chi connectivity index (χ0v) is 13.4. The van der Waals surface area contributed by atoms with E-state index in [0.717, 1.165) is 5.69 Å². The number of aliphatic carboxylic acids is 1. The van der Waals surface area contributed by atoms with Crippen molar-refractivity contribution in [3.63, 3.8) is 0 Å². The fraction of sp³-hybridized carbons (Fsp3) is 0.375. The average Bonchev–Trinajstić information content (AvgIpc) is 2.94. The number of aromatic nitrogens is 3. The smallest absolute Gasteiger partial charge is 0.326 e. The van der Waals surface area contributed by atoms with E-state index >= 15 is 0 Å². The Morgan fingerprint density at radius 1 is 1.30 bits per heavy atom. The van der Waals surface area contributed by atoms with Crippen molar-refractivity contribution in [1.29, 1.82) is 0 Å². The molecule has 122 valence electrons. The Balaban J connectivity index is 2.24. The monoisotopic (exact) mass is 316 g/mol. The SMILES string of the molecule is CC[C@H](C)[C@H](NC(=O)c1nnn(-c2ccccc2)c1C)C(=O)O. The predicted molar refractivity (Wildman–Crippen MR) is 84.4 cm³/mol. The molecule has 0 radical (unpaired) electrons. The van der Waals surface area contributed by atoms with Crippen LogP contribution in [-0.4, -0.2) is 38.0 Å². The van der Waals surface area contributed by atoms with Crippen LogP contribution < -0.4 is 5.32 Å². The minimum absolute atomic E-state index is 0.128. The van der Waals surface area contributed by atoms with Crippen molar-refractivity contribution in [3.8, 4) is 5.69 Å². The maximum Gasteiger partial charge on any atom is 0.326 e. The molecule has 0 aliphatic heterocycles. The quantitative estimate of drug-likeness (QED) is 0.847. The number of carbonyl (C=O) groups excluding carboxylic acids is 1. The fourth-order valence-electron chi connectivity index (χ4n) is 2.25. The second-order valence-electron chi connectivity index (χ2n) is 5.45. The Labute approximate surface area is 134 Å². The van der Waals surface area contributed by atoms with E-state index in [1.54, 1.807) is 18.5 Å². The van der Waals surface area contributed by atoms with Crippen LogP contribution in [0.15, 0.2) is 30.3 Å². The third-order valence-corrected chi connectivity index (χ3v) is 3.88. The van der Waals surface area contributed by atoms with Crippen molar-refractivity contribution >= 4 is 11.9 Å². The fourth-order valence-corrected chi connectivity index (χ4v) is 2.25. The maximum atomic E-state index is 12.4. The molecular formula is C16H20N4O3. The predicted octanol–water partition coefficient (Wildman–Crippen LogP) is 1.80. The Morgan fingerprint density at radius 3 is 2.52 bits per heavy atom. The first-order chi connectivity index (χ1) is 11.0. The van der Waals surface area contributed by atoms with Gasteiger partial charge in [-0.3, -0.25) is 4.79 Å². The van der Waals surface area contributed by atoms with Gasteiger partial charge in [0, 0.05) is 0 Å². The zero-order chi connectivity index (χ0) is 17.0. The summed E-state index contributed by atoms with van der Waals surface area (Å²) in [5.74, 6) is -1.76. The van der Waals surface area contributed by atoms with Gasteiger partial charge in [-0.15, -0.1) is 5.10 Å². The first kappa shape index (κ1) is 16.7. The maximum absolute atomic E-state index is 12.4. The lowest BCUT2D eigenvalue weighted by atomic mass is 9.99. The molecule has 23 heavy (non-hydrogen) atoms. The summed E-state index contributed by atoms with van der Waals surface area (Å²) >= 11 is 0. The molecule has 2 atom stereocenters. The Hall–Kier alpha value is -2.70. The molecule has 0 bridgehead atoms. The highest BCUT2D eigenvalue weighted by atomic mass is 16.4. The van der Waals surface area contributed by atoms with Crippen molar-refractivity contribution in [2.75, 3.05) is 0 Å². The van der Waals surface area contributed by atoms with E-state index < -0.39 is 17.9 Å². The normalized spacial score (nSPS) is 13.3. The van der Waals surface area contributed by atoms with Crippen LogP contribution in [0.25, 0.3) is 5.69 Å². The first-order valence-corrected chi connectivity index (χ1v) is 7.47. The number of nitrogens with one attached hydrogen (secondary N) is 1. The number of benzene rings is 1. The van der Waals surface area contributed by atoms with Crippen molar-refractivity contribution < 1.29 is 14.7 Å². The second-order valence-corrected chi connectivity index (χ2v) is 5.45. The molecular weight excluding hydrogens is 296 g/mol. The minimum Gasteiger partial charge on any atom is -0.480 e. The number of para-hydroxylation sites is 1. The van der Waals surface area contributed by atoms with Gasteiger partial charge in [-0.2, -0.15) is 0 Å². The van der Waals surface area contributed by atoms with Gasteiger partial charge in [0.1, 0.15) is 6.04 Å². The van der Waals surface area contributed by atoms with Crippen molar-refractivity contribution in [3.05, 3.63) is 41.7 Å². The molecule has 7 heteroatoms.